The molecule has 0 spiro atoms. The average molecular weight is 209 g/mol. The van der Waals surface area contributed by atoms with Crippen LogP contribution in [-0.4, -0.2) is 35.4 Å². The zero-order valence-electron chi connectivity index (χ0n) is 8.05. The van der Waals surface area contributed by atoms with Gasteiger partial charge in [-0.2, -0.15) is 0 Å². The lowest BCUT2D eigenvalue weighted by atomic mass is 10.2. The van der Waals surface area contributed by atoms with E-state index in [-0.39, 0.29) is 11.7 Å². The summed E-state index contributed by atoms with van der Waals surface area (Å²) < 4.78 is 10.7. The Hall–Kier alpha value is -1.62. The second-order valence-electron chi connectivity index (χ2n) is 3.32. The van der Waals surface area contributed by atoms with E-state index in [1.54, 1.807) is 0 Å². The summed E-state index contributed by atoms with van der Waals surface area (Å²) in [6.07, 6.45) is 3.64. The maximum Gasteiger partial charge on any atom is 0.337 e. The first-order chi connectivity index (χ1) is 7.25. The van der Waals surface area contributed by atoms with E-state index in [0.29, 0.717) is 19.0 Å². The van der Waals surface area contributed by atoms with Crippen LogP contribution in [0.5, 0.6) is 5.75 Å². The Balaban J connectivity index is 2.07. The molecule has 1 fully saturated rings. The largest absolute Gasteiger partial charge is 0.486 e. The molecule has 5 nitrogen and oxygen atoms in total. The molecule has 2 rings (SSSR count). The first-order valence-electron chi connectivity index (χ1n) is 4.68. The van der Waals surface area contributed by atoms with E-state index in [1.165, 1.54) is 18.5 Å². The van der Waals surface area contributed by atoms with Crippen molar-refractivity contribution >= 4 is 5.97 Å². The molecule has 1 N–H and O–H groups in total. The number of ether oxygens (including phenoxy) is 2. The van der Waals surface area contributed by atoms with Gasteiger partial charge in [-0.3, -0.25) is 4.98 Å². The molecule has 15 heavy (non-hydrogen) atoms. The molecule has 0 aliphatic carbocycles. The van der Waals surface area contributed by atoms with Gasteiger partial charge in [-0.05, 0) is 6.07 Å². The number of rotatable bonds is 3. The topological polar surface area (TPSA) is 68.7 Å². The van der Waals surface area contributed by atoms with Gasteiger partial charge >= 0.3 is 5.97 Å². The van der Waals surface area contributed by atoms with Gasteiger partial charge in [-0.1, -0.05) is 0 Å². The molecule has 80 valence electrons. The summed E-state index contributed by atoms with van der Waals surface area (Å²) in [7, 11) is 0. The minimum atomic E-state index is -1.00. The minimum Gasteiger partial charge on any atom is -0.486 e. The second kappa shape index (κ2) is 4.27. The van der Waals surface area contributed by atoms with Gasteiger partial charge in [-0.15, -0.1) is 0 Å². The second-order valence-corrected chi connectivity index (χ2v) is 3.32. The highest BCUT2D eigenvalue weighted by Gasteiger charge is 2.17. The van der Waals surface area contributed by atoms with Crippen molar-refractivity contribution in [2.24, 2.45) is 0 Å². The van der Waals surface area contributed by atoms with Crippen molar-refractivity contribution in [2.75, 3.05) is 13.2 Å². The van der Waals surface area contributed by atoms with Crippen LogP contribution in [0.15, 0.2) is 18.5 Å². The van der Waals surface area contributed by atoms with Gasteiger partial charge in [0, 0.05) is 12.6 Å². The van der Waals surface area contributed by atoms with Crippen LogP contribution in [-0.2, 0) is 4.74 Å². The van der Waals surface area contributed by atoms with Gasteiger partial charge in [-0.25, -0.2) is 4.79 Å². The minimum absolute atomic E-state index is 0.0100. The Morgan fingerprint density at radius 2 is 2.47 bits per heavy atom. The smallest absolute Gasteiger partial charge is 0.337 e. The highest BCUT2D eigenvalue weighted by atomic mass is 16.5. The van der Waals surface area contributed by atoms with Crippen LogP contribution in [0.3, 0.4) is 0 Å². The molecule has 1 saturated heterocycles. The highest BCUT2D eigenvalue weighted by molar-refractivity contribution is 5.87. The quantitative estimate of drug-likeness (QED) is 0.802. The van der Waals surface area contributed by atoms with Gasteiger partial charge in [0.1, 0.15) is 11.9 Å². The van der Waals surface area contributed by atoms with Crippen LogP contribution < -0.4 is 4.74 Å². The molecule has 1 aliphatic heterocycles. The van der Waals surface area contributed by atoms with Gasteiger partial charge in [0.25, 0.3) is 0 Å². The van der Waals surface area contributed by atoms with Crippen LogP contribution in [0.1, 0.15) is 16.8 Å². The first kappa shape index (κ1) is 9.92. The summed E-state index contributed by atoms with van der Waals surface area (Å²) in [6, 6.07) is 1.47. The van der Waals surface area contributed by atoms with Crippen LogP contribution in [0.2, 0.25) is 0 Å². The summed E-state index contributed by atoms with van der Waals surface area (Å²) >= 11 is 0. The molecule has 1 atom stereocenters. The molecule has 0 saturated carbocycles. The fourth-order valence-corrected chi connectivity index (χ4v) is 1.40. The number of carbonyl (C=O) groups is 1. The number of aromatic nitrogens is 1. The SMILES string of the molecule is O=C(O)c1cncc(O[C@H]2CCOC2)c1. The number of carboxylic acids is 1. The van der Waals surface area contributed by atoms with Crippen molar-refractivity contribution in [3.05, 3.63) is 24.0 Å². The summed E-state index contributed by atoms with van der Waals surface area (Å²) in [5.41, 5.74) is 0.131. The number of aromatic carboxylic acids is 1. The van der Waals surface area contributed by atoms with Gasteiger partial charge in [0.05, 0.1) is 25.0 Å². The molecule has 1 aliphatic rings. The average Bonchev–Trinajstić information content (AvgIpc) is 2.71. The Labute approximate surface area is 86.7 Å². The summed E-state index contributed by atoms with van der Waals surface area (Å²) in [4.78, 5) is 14.5. The predicted octanol–water partition coefficient (Wildman–Crippen LogP) is 0.948. The van der Waals surface area contributed by atoms with Crippen LogP contribution in [0.25, 0.3) is 0 Å². The van der Waals surface area contributed by atoms with Crippen molar-refractivity contribution in [2.45, 2.75) is 12.5 Å². The number of hydrogen-bond acceptors (Lipinski definition) is 4. The van der Waals surface area contributed by atoms with Gasteiger partial charge in [0.2, 0.25) is 0 Å². The fraction of sp³-hybridized carbons (Fsp3) is 0.400. The number of pyridine rings is 1. The molecule has 5 heteroatoms. The van der Waals surface area contributed by atoms with E-state index in [4.69, 9.17) is 14.6 Å². The normalized spacial score (nSPS) is 20.1. The van der Waals surface area contributed by atoms with Crippen molar-refractivity contribution < 1.29 is 19.4 Å². The summed E-state index contributed by atoms with van der Waals surface area (Å²) in [5, 5.41) is 8.75. The standard InChI is InChI=1S/C10H11NO4/c12-10(13)7-3-9(5-11-4-7)15-8-1-2-14-6-8/h3-5,8H,1-2,6H2,(H,12,13)/t8-/m0/s1. The van der Waals surface area contributed by atoms with Crippen molar-refractivity contribution in [3.8, 4) is 5.75 Å². The Morgan fingerprint density at radius 3 is 3.13 bits per heavy atom. The lowest BCUT2D eigenvalue weighted by Gasteiger charge is -2.11. The lowest BCUT2D eigenvalue weighted by molar-refractivity contribution is 0.0695. The number of carboxylic acid groups (broad SMARTS) is 1. The molecule has 0 aromatic carbocycles. The molecule has 2 heterocycles. The Morgan fingerprint density at radius 1 is 1.60 bits per heavy atom. The predicted molar refractivity (Wildman–Crippen MR) is 51.0 cm³/mol. The van der Waals surface area contributed by atoms with E-state index < -0.39 is 5.97 Å². The van der Waals surface area contributed by atoms with E-state index in [1.807, 2.05) is 0 Å². The maximum absolute atomic E-state index is 10.7. The van der Waals surface area contributed by atoms with E-state index >= 15 is 0 Å². The molecular weight excluding hydrogens is 198 g/mol. The van der Waals surface area contributed by atoms with Crippen LogP contribution in [0.4, 0.5) is 0 Å². The summed E-state index contributed by atoms with van der Waals surface area (Å²) in [5.74, 6) is -0.527. The van der Waals surface area contributed by atoms with Crippen molar-refractivity contribution in [1.29, 1.82) is 0 Å². The lowest BCUT2D eigenvalue weighted by Crippen LogP contribution is -2.16. The zero-order valence-corrected chi connectivity index (χ0v) is 8.05. The fourth-order valence-electron chi connectivity index (χ4n) is 1.40. The van der Waals surface area contributed by atoms with E-state index in [0.717, 1.165) is 6.42 Å². The highest BCUT2D eigenvalue weighted by Crippen LogP contribution is 2.16. The third-order valence-electron chi connectivity index (χ3n) is 2.15. The zero-order chi connectivity index (χ0) is 10.7. The Bertz CT molecular complexity index is 360. The number of nitrogens with zero attached hydrogens (tertiary/aromatic N) is 1. The van der Waals surface area contributed by atoms with Crippen molar-refractivity contribution in [3.63, 3.8) is 0 Å². The van der Waals surface area contributed by atoms with Gasteiger partial charge in [0.15, 0.2) is 0 Å². The molecule has 0 amide bonds. The molecule has 0 bridgehead atoms. The maximum atomic E-state index is 10.7. The molecule has 0 radical (unpaired) electrons. The van der Waals surface area contributed by atoms with Gasteiger partial charge < -0.3 is 14.6 Å². The van der Waals surface area contributed by atoms with Crippen LogP contribution >= 0.6 is 0 Å². The molecule has 0 unspecified atom stereocenters. The third-order valence-corrected chi connectivity index (χ3v) is 2.15. The summed E-state index contributed by atoms with van der Waals surface area (Å²) in [6.45, 7) is 1.24. The Kier molecular flexibility index (Phi) is 2.82. The monoisotopic (exact) mass is 209 g/mol. The van der Waals surface area contributed by atoms with Crippen molar-refractivity contribution in [1.82, 2.24) is 4.98 Å². The number of hydrogen-bond donors (Lipinski definition) is 1. The molecular formula is C10H11NO4. The third kappa shape index (κ3) is 2.44. The molecule has 1 aromatic rings. The molecule has 1 aromatic heterocycles. The van der Waals surface area contributed by atoms with E-state index in [2.05, 4.69) is 4.98 Å². The first-order valence-corrected chi connectivity index (χ1v) is 4.68. The van der Waals surface area contributed by atoms with E-state index in [9.17, 15) is 4.79 Å². The van der Waals surface area contributed by atoms with Crippen LogP contribution in [0, 0.1) is 0 Å².